The van der Waals surface area contributed by atoms with Crippen molar-refractivity contribution in [3.8, 4) is 0 Å². The number of rotatable bonds is 2. The first-order valence-corrected chi connectivity index (χ1v) is 4.78. The van der Waals surface area contributed by atoms with E-state index in [0.717, 1.165) is 19.1 Å². The summed E-state index contributed by atoms with van der Waals surface area (Å²) in [5.41, 5.74) is 5.53. The van der Waals surface area contributed by atoms with E-state index in [1.54, 1.807) is 0 Å². The third kappa shape index (κ3) is 2.80. The lowest BCUT2D eigenvalue weighted by Gasteiger charge is -2.25. The third-order valence-corrected chi connectivity index (χ3v) is 2.61. The molecule has 1 heterocycles. The van der Waals surface area contributed by atoms with Gasteiger partial charge >= 0.3 is 0 Å². The molecule has 1 rings (SSSR count). The molecule has 1 aliphatic heterocycles. The molecule has 0 aromatic heterocycles. The van der Waals surface area contributed by atoms with Crippen LogP contribution in [0.5, 0.6) is 0 Å². The van der Waals surface area contributed by atoms with Crippen molar-refractivity contribution >= 4 is 0 Å². The lowest BCUT2D eigenvalue weighted by molar-refractivity contribution is 0.220. The second-order valence-corrected chi connectivity index (χ2v) is 3.52. The molecule has 1 atom stereocenters. The average Bonchev–Trinajstić information content (AvgIpc) is 2.18. The van der Waals surface area contributed by atoms with E-state index in [0.29, 0.717) is 0 Å². The Balaban J connectivity index is 2.32. The molecule has 1 fully saturated rings. The van der Waals surface area contributed by atoms with E-state index in [9.17, 15) is 0 Å². The maximum Gasteiger partial charge on any atom is 0.0107 e. The molecule has 0 radical (unpaired) electrons. The summed E-state index contributed by atoms with van der Waals surface area (Å²) in [6.07, 6.45) is 5.54. The van der Waals surface area contributed by atoms with E-state index in [1.807, 2.05) is 0 Å². The van der Waals surface area contributed by atoms with Crippen LogP contribution in [0.25, 0.3) is 0 Å². The first-order chi connectivity index (χ1) is 5.34. The summed E-state index contributed by atoms with van der Waals surface area (Å²) >= 11 is 0. The molecule has 11 heavy (non-hydrogen) atoms. The van der Waals surface area contributed by atoms with Gasteiger partial charge in [0.25, 0.3) is 0 Å². The van der Waals surface area contributed by atoms with Gasteiger partial charge in [-0.25, -0.2) is 0 Å². The monoisotopic (exact) mass is 156 g/mol. The predicted octanol–water partition coefficient (Wildman–Crippen LogP) is 1.21. The number of nitrogens with zero attached hydrogens (tertiary/aromatic N) is 1. The quantitative estimate of drug-likeness (QED) is 0.651. The van der Waals surface area contributed by atoms with Crippen LogP contribution in [0.2, 0.25) is 0 Å². The zero-order valence-corrected chi connectivity index (χ0v) is 7.55. The Morgan fingerprint density at radius 2 is 2.18 bits per heavy atom. The largest absolute Gasteiger partial charge is 0.329 e. The maximum absolute atomic E-state index is 5.53. The van der Waals surface area contributed by atoms with Crippen LogP contribution in [0, 0.1) is 0 Å². The van der Waals surface area contributed by atoms with Crippen molar-refractivity contribution in [2.75, 3.05) is 19.6 Å². The number of nitrogens with two attached hydrogens (primary N) is 1. The van der Waals surface area contributed by atoms with Crippen molar-refractivity contribution in [2.45, 2.75) is 38.6 Å². The average molecular weight is 156 g/mol. The third-order valence-electron chi connectivity index (χ3n) is 2.61. The molecule has 2 heteroatoms. The Labute approximate surface area is 69.8 Å². The van der Waals surface area contributed by atoms with Gasteiger partial charge in [-0.1, -0.05) is 12.8 Å². The topological polar surface area (TPSA) is 29.3 Å². The molecule has 0 bridgehead atoms. The highest BCUT2D eigenvalue weighted by Gasteiger charge is 2.14. The minimum absolute atomic E-state index is 0.765. The summed E-state index contributed by atoms with van der Waals surface area (Å²) in [6, 6.07) is 0.765. The normalized spacial score (nSPS) is 28.4. The number of likely N-dealkylation sites (tertiary alicyclic amines) is 1. The Kier molecular flexibility index (Phi) is 3.87. The molecular formula is C9H20N2. The zero-order chi connectivity index (χ0) is 8.10. The van der Waals surface area contributed by atoms with Crippen molar-refractivity contribution < 1.29 is 0 Å². The Morgan fingerprint density at radius 1 is 1.36 bits per heavy atom. The van der Waals surface area contributed by atoms with Gasteiger partial charge in [-0.2, -0.15) is 0 Å². The smallest absolute Gasteiger partial charge is 0.0107 e. The van der Waals surface area contributed by atoms with E-state index in [4.69, 9.17) is 5.73 Å². The number of hydrogen-bond donors (Lipinski definition) is 1. The van der Waals surface area contributed by atoms with Crippen molar-refractivity contribution in [3.63, 3.8) is 0 Å². The van der Waals surface area contributed by atoms with Crippen LogP contribution in [-0.4, -0.2) is 30.6 Å². The van der Waals surface area contributed by atoms with E-state index in [2.05, 4.69) is 11.8 Å². The van der Waals surface area contributed by atoms with Gasteiger partial charge < -0.3 is 5.73 Å². The van der Waals surface area contributed by atoms with Gasteiger partial charge in [0.1, 0.15) is 0 Å². The van der Waals surface area contributed by atoms with Crippen LogP contribution < -0.4 is 5.73 Å². The molecule has 2 nitrogen and oxygen atoms in total. The lowest BCUT2D eigenvalue weighted by atomic mass is 10.1. The van der Waals surface area contributed by atoms with Gasteiger partial charge in [-0.3, -0.25) is 4.90 Å². The van der Waals surface area contributed by atoms with Crippen LogP contribution in [0.4, 0.5) is 0 Å². The van der Waals surface area contributed by atoms with E-state index in [-0.39, 0.29) is 0 Å². The molecule has 0 aromatic carbocycles. The first kappa shape index (κ1) is 9.01. The second-order valence-electron chi connectivity index (χ2n) is 3.52. The molecule has 0 amide bonds. The Hall–Kier alpha value is -0.0800. The minimum Gasteiger partial charge on any atom is -0.329 e. The Morgan fingerprint density at radius 3 is 2.91 bits per heavy atom. The highest BCUT2D eigenvalue weighted by atomic mass is 15.2. The van der Waals surface area contributed by atoms with Gasteiger partial charge in [-0.05, 0) is 26.3 Å². The van der Waals surface area contributed by atoms with Crippen molar-refractivity contribution in [2.24, 2.45) is 5.73 Å². The van der Waals surface area contributed by atoms with Gasteiger partial charge in [-0.15, -0.1) is 0 Å². The van der Waals surface area contributed by atoms with Gasteiger partial charge in [0.05, 0.1) is 0 Å². The molecule has 0 saturated carbocycles. The maximum atomic E-state index is 5.53. The van der Waals surface area contributed by atoms with Crippen molar-refractivity contribution in [1.29, 1.82) is 0 Å². The molecule has 0 aromatic rings. The summed E-state index contributed by atoms with van der Waals surface area (Å²) in [7, 11) is 0. The molecule has 0 aliphatic carbocycles. The van der Waals surface area contributed by atoms with Crippen LogP contribution in [0.1, 0.15) is 32.6 Å². The van der Waals surface area contributed by atoms with Crippen molar-refractivity contribution in [3.05, 3.63) is 0 Å². The molecule has 1 unspecified atom stereocenters. The fourth-order valence-corrected chi connectivity index (χ4v) is 1.83. The molecule has 1 aliphatic rings. The summed E-state index contributed by atoms with van der Waals surface area (Å²) in [5.74, 6) is 0. The van der Waals surface area contributed by atoms with Crippen LogP contribution in [0.15, 0.2) is 0 Å². The van der Waals surface area contributed by atoms with Gasteiger partial charge in [0.15, 0.2) is 0 Å². The molecule has 1 saturated heterocycles. The van der Waals surface area contributed by atoms with Crippen LogP contribution >= 0.6 is 0 Å². The van der Waals surface area contributed by atoms with E-state index in [1.165, 1.54) is 32.2 Å². The van der Waals surface area contributed by atoms with Crippen LogP contribution in [0.3, 0.4) is 0 Å². The summed E-state index contributed by atoms with van der Waals surface area (Å²) in [6.45, 7) is 5.48. The van der Waals surface area contributed by atoms with Crippen molar-refractivity contribution in [1.82, 2.24) is 4.90 Å². The first-order valence-electron chi connectivity index (χ1n) is 4.78. The summed E-state index contributed by atoms with van der Waals surface area (Å²) in [4.78, 5) is 2.52. The fourth-order valence-electron chi connectivity index (χ4n) is 1.83. The molecule has 2 N–H and O–H groups in total. The SMILES string of the molecule is CC1CCCCCN1CCN. The second kappa shape index (κ2) is 4.73. The van der Waals surface area contributed by atoms with Crippen LogP contribution in [-0.2, 0) is 0 Å². The van der Waals surface area contributed by atoms with Gasteiger partial charge in [0.2, 0.25) is 0 Å². The van der Waals surface area contributed by atoms with Gasteiger partial charge in [0, 0.05) is 19.1 Å². The summed E-state index contributed by atoms with van der Waals surface area (Å²) in [5, 5.41) is 0. The summed E-state index contributed by atoms with van der Waals surface area (Å²) < 4.78 is 0. The molecule has 0 spiro atoms. The zero-order valence-electron chi connectivity index (χ0n) is 7.55. The minimum atomic E-state index is 0.765. The van der Waals surface area contributed by atoms with E-state index >= 15 is 0 Å². The standard InChI is InChI=1S/C9H20N2/c1-9-5-3-2-4-7-11(9)8-6-10/h9H,2-8,10H2,1H3. The predicted molar refractivity (Wildman–Crippen MR) is 48.6 cm³/mol. The highest BCUT2D eigenvalue weighted by molar-refractivity contribution is 4.71. The van der Waals surface area contributed by atoms with E-state index < -0.39 is 0 Å². The molecular weight excluding hydrogens is 136 g/mol. The highest BCUT2D eigenvalue weighted by Crippen LogP contribution is 2.15. The number of hydrogen-bond acceptors (Lipinski definition) is 2. The molecule has 66 valence electrons. The lowest BCUT2D eigenvalue weighted by Crippen LogP contribution is -2.36. The Bertz CT molecular complexity index is 104. The fraction of sp³-hybridized carbons (Fsp3) is 1.00.